The van der Waals surface area contributed by atoms with Crippen LogP contribution in [-0.4, -0.2) is 36.1 Å². The number of ether oxygens (including phenoxy) is 2. The fraction of sp³-hybridized carbons (Fsp3) is 0.833. The molecule has 1 heterocycles. The maximum atomic E-state index is 13.1. The van der Waals surface area contributed by atoms with Gasteiger partial charge in [-0.2, -0.15) is 39.5 Å². The summed E-state index contributed by atoms with van der Waals surface area (Å²) in [7, 11) is 0. The van der Waals surface area contributed by atoms with Gasteiger partial charge >= 0.3 is 36.1 Å². The van der Waals surface area contributed by atoms with Crippen LogP contribution in [0.3, 0.4) is 0 Å². The maximum Gasteiger partial charge on any atom is 0.458 e. The van der Waals surface area contributed by atoms with E-state index >= 15 is 0 Å². The number of halogens is 10. The highest BCUT2D eigenvalue weighted by Gasteiger charge is 2.89. The quantitative estimate of drug-likeness (QED) is 0.695. The molecule has 1 saturated heterocycles. The third-order valence-corrected chi connectivity index (χ3v) is 2.01. The summed E-state index contributed by atoms with van der Waals surface area (Å²) in [6, 6.07) is 0. The second kappa shape index (κ2) is 4.09. The Morgan fingerprint density at radius 3 is 1.60 bits per heavy atom. The normalized spacial score (nSPS) is 34.1. The van der Waals surface area contributed by atoms with Crippen LogP contribution in [0.5, 0.6) is 0 Å². The Balaban J connectivity index is 3.47. The van der Waals surface area contributed by atoms with Crippen LogP contribution >= 0.6 is 0 Å². The molecule has 0 saturated carbocycles. The van der Waals surface area contributed by atoms with Gasteiger partial charge in [-0.25, -0.2) is 9.74 Å². The molecule has 2 unspecified atom stereocenters. The third kappa shape index (κ3) is 1.97. The van der Waals surface area contributed by atoms with E-state index in [0.717, 1.165) is 0 Å². The summed E-state index contributed by atoms with van der Waals surface area (Å²) in [4.78, 5) is 12.3. The van der Waals surface area contributed by atoms with E-state index < -0.39 is 36.1 Å². The van der Waals surface area contributed by atoms with Gasteiger partial charge < -0.3 is 0 Å². The lowest BCUT2D eigenvalue weighted by Gasteiger charge is -2.26. The number of carbonyl (C=O) groups excluding carboxylic acids is 1. The molecular formula is C6F10O4. The number of hydrogen-bond acceptors (Lipinski definition) is 4. The minimum Gasteiger partial charge on any atom is -0.281 e. The van der Waals surface area contributed by atoms with Gasteiger partial charge in [0.2, 0.25) is 0 Å². The first-order chi connectivity index (χ1) is 8.65. The zero-order valence-corrected chi connectivity index (χ0v) is 8.41. The second-order valence-electron chi connectivity index (χ2n) is 3.29. The van der Waals surface area contributed by atoms with Gasteiger partial charge in [0.15, 0.2) is 0 Å². The maximum absolute atomic E-state index is 13.1. The number of carbonyl (C=O) groups is 1. The van der Waals surface area contributed by atoms with Crippen molar-refractivity contribution in [2.75, 3.05) is 0 Å². The number of hydrogen-bond donors (Lipinski definition) is 0. The van der Waals surface area contributed by atoms with E-state index in [9.17, 15) is 48.8 Å². The molecule has 1 fully saturated rings. The number of alkyl halides is 9. The Bertz CT molecular complexity index is 415. The van der Waals surface area contributed by atoms with Crippen molar-refractivity contribution in [3.05, 3.63) is 0 Å². The summed E-state index contributed by atoms with van der Waals surface area (Å²) >= 11 is 0. The van der Waals surface area contributed by atoms with Crippen LogP contribution in [0.1, 0.15) is 0 Å². The van der Waals surface area contributed by atoms with E-state index in [2.05, 4.69) is 9.47 Å². The largest absolute Gasteiger partial charge is 0.458 e. The van der Waals surface area contributed by atoms with Gasteiger partial charge in [0.25, 0.3) is 0 Å². The lowest BCUT2D eigenvalue weighted by Crippen LogP contribution is -2.56. The van der Waals surface area contributed by atoms with Crippen LogP contribution in [0.15, 0.2) is 0 Å². The Hall–Kier alpha value is -1.31. The molecule has 1 aliphatic rings. The SMILES string of the molecule is O=C(OF)C1(C(F)(F)F)OC(F)(F)C(F)(C(F)(F)F)O1. The third-order valence-electron chi connectivity index (χ3n) is 2.01. The van der Waals surface area contributed by atoms with Gasteiger partial charge in [-0.1, -0.05) is 0 Å². The lowest BCUT2D eigenvalue weighted by atomic mass is 10.2. The average Bonchev–Trinajstić information content (AvgIpc) is 2.46. The van der Waals surface area contributed by atoms with Crippen molar-refractivity contribution in [3.8, 4) is 0 Å². The zero-order valence-electron chi connectivity index (χ0n) is 8.41. The van der Waals surface area contributed by atoms with Crippen molar-refractivity contribution in [2.24, 2.45) is 0 Å². The molecule has 0 N–H and O–H groups in total. The summed E-state index contributed by atoms with van der Waals surface area (Å²) in [5.74, 6) is -15.5. The number of rotatable bonds is 1. The molecule has 1 rings (SSSR count). The van der Waals surface area contributed by atoms with Gasteiger partial charge in [-0.3, -0.25) is 9.47 Å². The summed E-state index contributed by atoms with van der Waals surface area (Å²) < 4.78 is 128. The van der Waals surface area contributed by atoms with Gasteiger partial charge in [0.05, 0.1) is 0 Å². The van der Waals surface area contributed by atoms with E-state index in [4.69, 9.17) is 0 Å². The predicted octanol–water partition coefficient (Wildman–Crippen LogP) is 2.54. The highest BCUT2D eigenvalue weighted by molar-refractivity contribution is 5.79. The highest BCUT2D eigenvalue weighted by Crippen LogP contribution is 2.59. The highest BCUT2D eigenvalue weighted by atomic mass is 19.4. The van der Waals surface area contributed by atoms with Crippen LogP contribution in [0.4, 0.5) is 44.0 Å². The smallest absolute Gasteiger partial charge is 0.281 e. The molecule has 0 spiro atoms. The van der Waals surface area contributed by atoms with Gasteiger partial charge in [0, 0.05) is 4.53 Å². The van der Waals surface area contributed by atoms with Crippen LogP contribution in [0.2, 0.25) is 0 Å². The van der Waals surface area contributed by atoms with Gasteiger partial charge in [-0.05, 0) is 0 Å². The monoisotopic (exact) mass is 326 g/mol. The zero-order chi connectivity index (χ0) is 16.2. The predicted molar refractivity (Wildman–Crippen MR) is 33.0 cm³/mol. The molecule has 14 heteroatoms. The molecule has 0 aliphatic carbocycles. The minimum absolute atomic E-state index is 1.89. The molecule has 0 aromatic heterocycles. The van der Waals surface area contributed by atoms with Crippen molar-refractivity contribution < 1.29 is 63.2 Å². The van der Waals surface area contributed by atoms with Crippen LogP contribution < -0.4 is 0 Å². The van der Waals surface area contributed by atoms with Crippen LogP contribution in [0.25, 0.3) is 0 Å². The van der Waals surface area contributed by atoms with E-state index in [1.165, 1.54) is 0 Å². The summed E-state index contributed by atoms with van der Waals surface area (Å²) in [6.07, 6.45) is -19.5. The molecule has 2 atom stereocenters. The van der Waals surface area contributed by atoms with Crippen molar-refractivity contribution in [1.82, 2.24) is 0 Å². The molecule has 0 aromatic rings. The first-order valence-corrected chi connectivity index (χ1v) is 4.08. The summed E-state index contributed by atoms with van der Waals surface area (Å²) in [5, 5.41) is 0. The van der Waals surface area contributed by atoms with Crippen LogP contribution in [-0.2, 0) is 19.2 Å². The van der Waals surface area contributed by atoms with Crippen molar-refractivity contribution >= 4 is 5.97 Å². The van der Waals surface area contributed by atoms with E-state index in [0.29, 0.717) is 0 Å². The minimum atomic E-state index is -6.74. The lowest BCUT2D eigenvalue weighted by molar-refractivity contribution is -0.399. The fourth-order valence-electron chi connectivity index (χ4n) is 1.11. The van der Waals surface area contributed by atoms with Gasteiger partial charge in [0.1, 0.15) is 0 Å². The van der Waals surface area contributed by atoms with Gasteiger partial charge in [-0.15, -0.1) is 0 Å². The molecule has 0 aromatic carbocycles. The molecule has 118 valence electrons. The van der Waals surface area contributed by atoms with E-state index in [-0.39, 0.29) is 0 Å². The van der Waals surface area contributed by atoms with Crippen LogP contribution in [0, 0.1) is 0 Å². The van der Waals surface area contributed by atoms with Crippen molar-refractivity contribution in [2.45, 2.75) is 30.1 Å². The average molecular weight is 326 g/mol. The topological polar surface area (TPSA) is 44.8 Å². The molecule has 4 nitrogen and oxygen atoms in total. The summed E-state index contributed by atoms with van der Waals surface area (Å²) in [6.45, 7) is 0. The Labute approximate surface area is 101 Å². The fourth-order valence-corrected chi connectivity index (χ4v) is 1.11. The Kier molecular flexibility index (Phi) is 3.43. The first-order valence-electron chi connectivity index (χ1n) is 4.08. The Morgan fingerprint density at radius 2 is 1.35 bits per heavy atom. The standard InChI is InChI=1S/C6F10O4/c7-3(5(11,12)13)6(14,15)20-2(19-3,1(17)18-16)4(8,9)10. The van der Waals surface area contributed by atoms with E-state index in [1.54, 1.807) is 0 Å². The Morgan fingerprint density at radius 1 is 0.900 bits per heavy atom. The molecule has 0 amide bonds. The summed E-state index contributed by atoms with van der Waals surface area (Å²) in [5.41, 5.74) is 0. The first kappa shape index (κ1) is 16.7. The second-order valence-corrected chi connectivity index (χ2v) is 3.29. The molecule has 0 bridgehead atoms. The molecular weight excluding hydrogens is 326 g/mol. The molecule has 1 aliphatic heterocycles. The van der Waals surface area contributed by atoms with Crippen molar-refractivity contribution in [1.29, 1.82) is 0 Å². The van der Waals surface area contributed by atoms with E-state index in [1.807, 2.05) is 4.94 Å². The van der Waals surface area contributed by atoms with Crippen molar-refractivity contribution in [3.63, 3.8) is 0 Å². The molecule has 20 heavy (non-hydrogen) atoms. The molecule has 0 radical (unpaired) electrons.